The molecule has 1 aliphatic heterocycles. The van der Waals surface area contributed by atoms with Gasteiger partial charge in [-0.2, -0.15) is 0 Å². The lowest BCUT2D eigenvalue weighted by Gasteiger charge is -2.23. The first-order chi connectivity index (χ1) is 7.25. The van der Waals surface area contributed by atoms with Gasteiger partial charge in [0.1, 0.15) is 17.7 Å². The minimum Gasteiger partial charge on any atom is -0.486 e. The van der Waals surface area contributed by atoms with E-state index in [1.165, 1.54) is 18.2 Å². The molecule has 0 aliphatic carbocycles. The normalized spacial score (nSPS) is 21.3. The van der Waals surface area contributed by atoms with E-state index in [0.717, 1.165) is 19.4 Å². The van der Waals surface area contributed by atoms with Crippen LogP contribution in [0.5, 0.6) is 5.75 Å². The van der Waals surface area contributed by atoms with Gasteiger partial charge in [-0.1, -0.05) is 0 Å². The molecule has 1 saturated heterocycles. The number of nitrogens with two attached hydrogens (primary N) is 1. The van der Waals surface area contributed by atoms with Crippen LogP contribution in [0.15, 0.2) is 18.2 Å². The molecule has 0 spiro atoms. The summed E-state index contributed by atoms with van der Waals surface area (Å²) in [5.74, 6) is 0.0708. The van der Waals surface area contributed by atoms with E-state index in [4.69, 9.17) is 15.2 Å². The van der Waals surface area contributed by atoms with E-state index in [1.54, 1.807) is 0 Å². The molecule has 0 aromatic heterocycles. The average Bonchev–Trinajstić information content (AvgIpc) is 2.25. The Labute approximate surface area is 88.0 Å². The van der Waals surface area contributed by atoms with Crippen molar-refractivity contribution in [3.8, 4) is 5.75 Å². The van der Waals surface area contributed by atoms with Gasteiger partial charge in [0.05, 0.1) is 12.3 Å². The van der Waals surface area contributed by atoms with Gasteiger partial charge in [-0.05, 0) is 25.0 Å². The van der Waals surface area contributed by atoms with Crippen LogP contribution in [-0.2, 0) is 4.74 Å². The predicted molar refractivity (Wildman–Crippen MR) is 55.3 cm³/mol. The first-order valence-corrected chi connectivity index (χ1v) is 5.05. The van der Waals surface area contributed by atoms with Gasteiger partial charge in [0.25, 0.3) is 0 Å². The van der Waals surface area contributed by atoms with Crippen molar-refractivity contribution in [3.63, 3.8) is 0 Å². The molecule has 0 bridgehead atoms. The van der Waals surface area contributed by atoms with E-state index < -0.39 is 0 Å². The van der Waals surface area contributed by atoms with E-state index >= 15 is 0 Å². The highest BCUT2D eigenvalue weighted by Gasteiger charge is 2.16. The largest absolute Gasteiger partial charge is 0.486 e. The summed E-state index contributed by atoms with van der Waals surface area (Å²) in [4.78, 5) is 0. The lowest BCUT2D eigenvalue weighted by molar-refractivity contribution is 0.00764. The first-order valence-electron chi connectivity index (χ1n) is 5.05. The zero-order chi connectivity index (χ0) is 10.7. The number of halogens is 1. The number of hydrogen-bond acceptors (Lipinski definition) is 3. The zero-order valence-corrected chi connectivity index (χ0v) is 8.41. The molecule has 15 heavy (non-hydrogen) atoms. The summed E-state index contributed by atoms with van der Waals surface area (Å²) in [5.41, 5.74) is 6.13. The maximum Gasteiger partial charge on any atom is 0.145 e. The second kappa shape index (κ2) is 4.49. The Morgan fingerprint density at radius 3 is 3.07 bits per heavy atom. The van der Waals surface area contributed by atoms with Crippen molar-refractivity contribution in [2.24, 2.45) is 0 Å². The molecule has 1 aromatic rings. The number of anilines is 1. The molecule has 1 fully saturated rings. The molecule has 0 unspecified atom stereocenters. The van der Waals surface area contributed by atoms with Crippen molar-refractivity contribution in [1.82, 2.24) is 0 Å². The molecule has 0 amide bonds. The summed E-state index contributed by atoms with van der Waals surface area (Å²) >= 11 is 0. The van der Waals surface area contributed by atoms with Crippen LogP contribution in [0.4, 0.5) is 10.1 Å². The molecule has 3 nitrogen and oxygen atoms in total. The molecule has 82 valence electrons. The van der Waals surface area contributed by atoms with Crippen LogP contribution in [0, 0.1) is 5.82 Å². The average molecular weight is 211 g/mol. The van der Waals surface area contributed by atoms with Crippen LogP contribution in [-0.4, -0.2) is 19.3 Å². The third kappa shape index (κ3) is 2.59. The number of ether oxygens (including phenoxy) is 2. The van der Waals surface area contributed by atoms with E-state index in [1.807, 2.05) is 0 Å². The summed E-state index contributed by atoms with van der Waals surface area (Å²) < 4.78 is 23.8. The Kier molecular flexibility index (Phi) is 3.06. The fraction of sp³-hybridized carbons (Fsp3) is 0.455. The van der Waals surface area contributed by atoms with E-state index in [0.29, 0.717) is 18.0 Å². The molecule has 1 aromatic carbocycles. The van der Waals surface area contributed by atoms with Gasteiger partial charge in [-0.25, -0.2) is 4.39 Å². The fourth-order valence-corrected chi connectivity index (χ4v) is 1.59. The maximum absolute atomic E-state index is 12.9. The molecule has 4 heteroatoms. The topological polar surface area (TPSA) is 44.5 Å². The summed E-state index contributed by atoms with van der Waals surface area (Å²) in [6, 6.07) is 4.14. The van der Waals surface area contributed by atoms with E-state index in [2.05, 4.69) is 0 Å². The molecule has 1 aliphatic rings. The third-order valence-electron chi connectivity index (χ3n) is 2.39. The van der Waals surface area contributed by atoms with Crippen LogP contribution in [0.3, 0.4) is 0 Å². The van der Waals surface area contributed by atoms with Crippen LogP contribution in [0.2, 0.25) is 0 Å². The lowest BCUT2D eigenvalue weighted by Crippen LogP contribution is -2.28. The second-order valence-electron chi connectivity index (χ2n) is 3.64. The Morgan fingerprint density at radius 1 is 1.47 bits per heavy atom. The lowest BCUT2D eigenvalue weighted by atomic mass is 10.2. The minimum absolute atomic E-state index is 0.0113. The Balaban J connectivity index is 2.05. The highest BCUT2D eigenvalue weighted by molar-refractivity contribution is 5.52. The van der Waals surface area contributed by atoms with Crippen molar-refractivity contribution >= 4 is 5.69 Å². The minimum atomic E-state index is -0.337. The van der Waals surface area contributed by atoms with Crippen LogP contribution < -0.4 is 10.5 Å². The monoisotopic (exact) mass is 211 g/mol. The number of hydrogen-bond donors (Lipinski definition) is 1. The van der Waals surface area contributed by atoms with Crippen molar-refractivity contribution < 1.29 is 13.9 Å². The molecule has 2 rings (SSSR count). The highest BCUT2D eigenvalue weighted by atomic mass is 19.1. The number of rotatable bonds is 2. The van der Waals surface area contributed by atoms with Crippen molar-refractivity contribution in [2.45, 2.75) is 18.9 Å². The summed E-state index contributed by atoms with van der Waals surface area (Å²) in [6.07, 6.45) is 1.89. The van der Waals surface area contributed by atoms with E-state index in [-0.39, 0.29) is 11.9 Å². The quantitative estimate of drug-likeness (QED) is 0.760. The van der Waals surface area contributed by atoms with Gasteiger partial charge in [-0.3, -0.25) is 0 Å². The third-order valence-corrected chi connectivity index (χ3v) is 2.39. The van der Waals surface area contributed by atoms with Gasteiger partial charge >= 0.3 is 0 Å². The molecule has 0 saturated carbocycles. The smallest absolute Gasteiger partial charge is 0.145 e. The first kappa shape index (κ1) is 10.2. The molecule has 1 atom stereocenters. The van der Waals surface area contributed by atoms with Gasteiger partial charge in [0.15, 0.2) is 0 Å². The highest BCUT2D eigenvalue weighted by Crippen LogP contribution is 2.25. The zero-order valence-electron chi connectivity index (χ0n) is 8.41. The van der Waals surface area contributed by atoms with Crippen LogP contribution >= 0.6 is 0 Å². The fourth-order valence-electron chi connectivity index (χ4n) is 1.59. The maximum atomic E-state index is 12.9. The van der Waals surface area contributed by atoms with E-state index in [9.17, 15) is 4.39 Å². The van der Waals surface area contributed by atoms with Crippen LogP contribution in [0.25, 0.3) is 0 Å². The number of benzene rings is 1. The molecular weight excluding hydrogens is 197 g/mol. The molecule has 2 N–H and O–H groups in total. The molecular formula is C11H14FNO2. The predicted octanol–water partition coefficient (Wildman–Crippen LogP) is 1.97. The SMILES string of the molecule is Nc1ccc(F)cc1O[C@H]1CCCOC1. The van der Waals surface area contributed by atoms with Crippen molar-refractivity contribution in [1.29, 1.82) is 0 Å². The van der Waals surface area contributed by atoms with Crippen molar-refractivity contribution in [3.05, 3.63) is 24.0 Å². The van der Waals surface area contributed by atoms with Gasteiger partial charge < -0.3 is 15.2 Å². The van der Waals surface area contributed by atoms with Gasteiger partial charge in [-0.15, -0.1) is 0 Å². The summed E-state index contributed by atoms with van der Waals surface area (Å²) in [5, 5.41) is 0. The Morgan fingerprint density at radius 2 is 2.33 bits per heavy atom. The number of nitrogen functional groups attached to an aromatic ring is 1. The summed E-state index contributed by atoms with van der Waals surface area (Å²) in [6.45, 7) is 1.33. The Hall–Kier alpha value is -1.29. The standard InChI is InChI=1S/C11H14FNO2/c12-8-3-4-10(13)11(6-8)15-9-2-1-5-14-7-9/h3-4,6,9H,1-2,5,7,13H2/t9-/m0/s1. The molecule has 1 heterocycles. The van der Waals surface area contributed by atoms with Gasteiger partial charge in [0, 0.05) is 12.7 Å². The van der Waals surface area contributed by atoms with Crippen molar-refractivity contribution in [2.75, 3.05) is 18.9 Å². The molecule has 0 radical (unpaired) electrons. The summed E-state index contributed by atoms with van der Waals surface area (Å²) in [7, 11) is 0. The van der Waals surface area contributed by atoms with Crippen LogP contribution in [0.1, 0.15) is 12.8 Å². The Bertz CT molecular complexity index is 337. The van der Waals surface area contributed by atoms with Gasteiger partial charge in [0.2, 0.25) is 0 Å². The second-order valence-corrected chi connectivity index (χ2v) is 3.64.